The number of nitrogens with one attached hydrogen (secondary N) is 1. The molecule has 0 aromatic heterocycles. The van der Waals surface area contributed by atoms with Crippen LogP contribution in [0.3, 0.4) is 0 Å². The van der Waals surface area contributed by atoms with Crippen molar-refractivity contribution in [1.82, 2.24) is 10.2 Å². The smallest absolute Gasteiger partial charge is 0.162 e. The average molecular weight is 478 g/mol. The number of hydrogen-bond donors (Lipinski definition) is 1. The van der Waals surface area contributed by atoms with Crippen LogP contribution < -0.4 is 5.32 Å². The zero-order valence-corrected chi connectivity index (χ0v) is 20.9. The maximum absolute atomic E-state index is 12.7. The van der Waals surface area contributed by atoms with E-state index in [1.54, 1.807) is 0 Å². The van der Waals surface area contributed by atoms with Gasteiger partial charge in [0.2, 0.25) is 0 Å². The zero-order valence-electron chi connectivity index (χ0n) is 19.3. The van der Waals surface area contributed by atoms with Crippen molar-refractivity contribution >= 4 is 30.6 Å². The summed E-state index contributed by atoms with van der Waals surface area (Å²) in [5, 5.41) is 3.44. The fraction of sp³-hybridized carbons (Fsp3) is 0.519. The monoisotopic (exact) mass is 476 g/mol. The van der Waals surface area contributed by atoms with Crippen LogP contribution in [0.4, 0.5) is 0 Å². The van der Waals surface area contributed by atoms with Gasteiger partial charge in [0.25, 0.3) is 0 Å². The van der Waals surface area contributed by atoms with E-state index in [1.165, 1.54) is 54.6 Å². The predicted octanol–water partition coefficient (Wildman–Crippen LogP) is 5.79. The van der Waals surface area contributed by atoms with Crippen LogP contribution in [-0.2, 0) is 19.4 Å². The van der Waals surface area contributed by atoms with E-state index < -0.39 is 0 Å². The van der Waals surface area contributed by atoms with E-state index >= 15 is 0 Å². The molecule has 0 bridgehead atoms. The molecule has 0 amide bonds. The molecule has 176 valence electrons. The van der Waals surface area contributed by atoms with E-state index in [9.17, 15) is 4.79 Å². The molecule has 0 saturated carbocycles. The van der Waals surface area contributed by atoms with Crippen molar-refractivity contribution in [3.05, 3.63) is 70.3 Å². The Labute approximate surface area is 206 Å². The lowest BCUT2D eigenvalue weighted by molar-refractivity contribution is 0.0974. The number of likely N-dealkylation sites (tertiary alicyclic amines) is 1. The Morgan fingerprint density at radius 2 is 1.72 bits per heavy atom. The van der Waals surface area contributed by atoms with E-state index in [2.05, 4.69) is 59.6 Å². The first kappa shape index (κ1) is 26.9. The first-order chi connectivity index (χ1) is 14.7. The van der Waals surface area contributed by atoms with Crippen LogP contribution in [0.2, 0.25) is 0 Å². The Morgan fingerprint density at radius 3 is 2.47 bits per heavy atom. The lowest BCUT2D eigenvalue weighted by Gasteiger charge is -2.32. The second-order valence-corrected chi connectivity index (χ2v) is 9.19. The third-order valence-corrected chi connectivity index (χ3v) is 7.05. The standard InChI is InChI=1S/C27H36N2O.2ClH/c1-21-5-2-3-7-26(21)20-29-17-13-22(14-18-29)6-4-8-27(30)25-10-9-23-11-15-28-16-12-24(23)19-25;;/h2-3,5,7,9-10,19,22,28H,4,6,8,11-18,20H2,1H3;2*1H. The molecule has 2 heterocycles. The largest absolute Gasteiger partial charge is 0.316 e. The highest BCUT2D eigenvalue weighted by atomic mass is 35.5. The van der Waals surface area contributed by atoms with Crippen LogP contribution in [0.25, 0.3) is 0 Å². The molecule has 1 saturated heterocycles. The molecule has 32 heavy (non-hydrogen) atoms. The summed E-state index contributed by atoms with van der Waals surface area (Å²) >= 11 is 0. The number of nitrogens with zero attached hydrogens (tertiary/aromatic N) is 1. The Balaban J connectivity index is 0.00000181. The number of carbonyl (C=O) groups is 1. The molecule has 0 radical (unpaired) electrons. The second kappa shape index (κ2) is 13.3. The quantitative estimate of drug-likeness (QED) is 0.512. The summed E-state index contributed by atoms with van der Waals surface area (Å²) in [6.45, 7) is 7.72. The third kappa shape index (κ3) is 7.31. The van der Waals surface area contributed by atoms with Gasteiger partial charge in [0.15, 0.2) is 5.78 Å². The van der Waals surface area contributed by atoms with Crippen molar-refractivity contribution < 1.29 is 4.79 Å². The summed E-state index contributed by atoms with van der Waals surface area (Å²) in [4.78, 5) is 15.3. The highest BCUT2D eigenvalue weighted by Gasteiger charge is 2.20. The molecule has 5 heteroatoms. The highest BCUT2D eigenvalue weighted by Crippen LogP contribution is 2.25. The van der Waals surface area contributed by atoms with E-state index in [1.807, 2.05) is 0 Å². The number of halogens is 2. The number of hydrogen-bond acceptors (Lipinski definition) is 3. The molecule has 3 nitrogen and oxygen atoms in total. The number of Topliss-reactive ketones (excluding diaryl/α,β-unsaturated/α-hetero) is 1. The lowest BCUT2D eigenvalue weighted by atomic mass is 9.90. The highest BCUT2D eigenvalue weighted by molar-refractivity contribution is 5.96. The van der Waals surface area contributed by atoms with Crippen molar-refractivity contribution in [3.63, 3.8) is 0 Å². The summed E-state index contributed by atoms with van der Waals surface area (Å²) in [5.74, 6) is 1.11. The molecule has 1 fully saturated rings. The number of ketones is 1. The van der Waals surface area contributed by atoms with Crippen LogP contribution in [0.15, 0.2) is 42.5 Å². The number of fused-ring (bicyclic) bond motifs is 1. The van der Waals surface area contributed by atoms with E-state index in [0.717, 1.165) is 50.4 Å². The maximum atomic E-state index is 12.7. The normalized spacial score (nSPS) is 16.9. The number of rotatable bonds is 7. The van der Waals surface area contributed by atoms with E-state index in [-0.39, 0.29) is 24.8 Å². The Bertz CT molecular complexity index is 862. The molecule has 2 aromatic rings. The Kier molecular flexibility index (Phi) is 11.2. The molecule has 1 N–H and O–H groups in total. The summed E-state index contributed by atoms with van der Waals surface area (Å²) in [7, 11) is 0. The Hall–Kier alpha value is -1.39. The molecule has 2 aliphatic rings. The van der Waals surface area contributed by atoms with Crippen LogP contribution >= 0.6 is 24.8 Å². The predicted molar refractivity (Wildman–Crippen MR) is 139 cm³/mol. The van der Waals surface area contributed by atoms with E-state index in [4.69, 9.17) is 0 Å². The molecule has 2 aliphatic heterocycles. The molecule has 0 spiro atoms. The van der Waals surface area contributed by atoms with Gasteiger partial charge in [-0.1, -0.05) is 36.4 Å². The van der Waals surface area contributed by atoms with Crippen molar-refractivity contribution in [1.29, 1.82) is 0 Å². The average Bonchev–Trinajstić information content (AvgIpc) is 3.01. The fourth-order valence-electron chi connectivity index (χ4n) is 5.00. The molecule has 0 unspecified atom stereocenters. The van der Waals surface area contributed by atoms with E-state index in [0.29, 0.717) is 12.2 Å². The van der Waals surface area contributed by atoms with Gasteiger partial charge in [0.1, 0.15) is 0 Å². The fourth-order valence-corrected chi connectivity index (χ4v) is 5.00. The van der Waals surface area contributed by atoms with Crippen molar-refractivity contribution in [2.75, 3.05) is 26.2 Å². The SMILES string of the molecule is Cc1ccccc1CN1CCC(CCCC(=O)c2ccc3c(c2)CCNCC3)CC1.Cl.Cl. The minimum absolute atomic E-state index is 0. The lowest BCUT2D eigenvalue weighted by Crippen LogP contribution is -2.33. The van der Waals surface area contributed by atoms with Crippen molar-refractivity contribution in [3.8, 4) is 0 Å². The van der Waals surface area contributed by atoms with Gasteiger partial charge in [-0.3, -0.25) is 9.69 Å². The number of aryl methyl sites for hydroxylation is 1. The molecule has 0 atom stereocenters. The summed E-state index contributed by atoms with van der Waals surface area (Å²) < 4.78 is 0. The topological polar surface area (TPSA) is 32.3 Å². The molecule has 2 aromatic carbocycles. The number of benzene rings is 2. The summed E-state index contributed by atoms with van der Waals surface area (Å²) in [6.07, 6.45) is 7.57. The van der Waals surface area contributed by atoms with Gasteiger partial charge in [0.05, 0.1) is 0 Å². The number of piperidine rings is 1. The number of carbonyl (C=O) groups excluding carboxylic acids is 1. The van der Waals surface area contributed by atoms with Crippen LogP contribution in [-0.4, -0.2) is 36.9 Å². The van der Waals surface area contributed by atoms with Gasteiger partial charge in [0, 0.05) is 18.5 Å². The van der Waals surface area contributed by atoms with Crippen molar-refractivity contribution in [2.45, 2.75) is 58.4 Å². The minimum Gasteiger partial charge on any atom is -0.316 e. The van der Waals surface area contributed by atoms with Gasteiger partial charge in [-0.05, 0) is 106 Å². The minimum atomic E-state index is 0. The van der Waals surface area contributed by atoms with Gasteiger partial charge in [-0.15, -0.1) is 24.8 Å². The van der Waals surface area contributed by atoms with Crippen LogP contribution in [0.1, 0.15) is 64.7 Å². The third-order valence-electron chi connectivity index (χ3n) is 7.05. The molecular weight excluding hydrogens is 439 g/mol. The van der Waals surface area contributed by atoms with Crippen molar-refractivity contribution in [2.24, 2.45) is 5.92 Å². The molecule has 0 aliphatic carbocycles. The van der Waals surface area contributed by atoms with Gasteiger partial charge in [-0.25, -0.2) is 0 Å². The summed E-state index contributed by atoms with van der Waals surface area (Å²) in [5.41, 5.74) is 6.55. The first-order valence-corrected chi connectivity index (χ1v) is 11.8. The zero-order chi connectivity index (χ0) is 20.8. The van der Waals surface area contributed by atoms with Gasteiger partial charge >= 0.3 is 0 Å². The van der Waals surface area contributed by atoms with Gasteiger partial charge < -0.3 is 5.32 Å². The first-order valence-electron chi connectivity index (χ1n) is 11.8. The molecule has 4 rings (SSSR count). The Morgan fingerprint density at radius 1 is 1.00 bits per heavy atom. The molecular formula is C27H38Cl2N2O. The second-order valence-electron chi connectivity index (χ2n) is 9.19. The summed E-state index contributed by atoms with van der Waals surface area (Å²) in [6, 6.07) is 15.1. The van der Waals surface area contributed by atoms with Gasteiger partial charge in [-0.2, -0.15) is 0 Å². The maximum Gasteiger partial charge on any atom is 0.162 e. The van der Waals surface area contributed by atoms with Crippen LogP contribution in [0, 0.1) is 12.8 Å². The van der Waals surface area contributed by atoms with Crippen LogP contribution in [0.5, 0.6) is 0 Å².